The van der Waals surface area contributed by atoms with Crippen LogP contribution in [-0.2, 0) is 9.47 Å². The third-order valence-corrected chi connectivity index (χ3v) is 3.09. The van der Waals surface area contributed by atoms with Crippen molar-refractivity contribution in [3.63, 3.8) is 0 Å². The fourth-order valence-corrected chi connectivity index (χ4v) is 2.19. The molecular weight excluding hydrogens is 200 g/mol. The number of aliphatic hydroxyl groups is 2. The molecule has 82 valence electrons. The van der Waals surface area contributed by atoms with Crippen LogP contribution in [0.1, 0.15) is 6.23 Å². The lowest BCUT2D eigenvalue weighted by atomic mass is 10.0. The Hall–Kier alpha value is -0.950. The highest BCUT2D eigenvalue weighted by Crippen LogP contribution is 2.44. The fourth-order valence-electron chi connectivity index (χ4n) is 2.19. The Bertz CT molecular complexity index is 355. The summed E-state index contributed by atoms with van der Waals surface area (Å²) in [5, 5.41) is 19.1. The first-order valence-electron chi connectivity index (χ1n) is 4.83. The summed E-state index contributed by atoms with van der Waals surface area (Å²) in [6, 6.07) is 0. The quantitative estimate of drug-likeness (QED) is 0.651. The van der Waals surface area contributed by atoms with Crippen molar-refractivity contribution in [1.82, 2.24) is 9.55 Å². The predicted octanol–water partition coefficient (Wildman–Crippen LogP) is -1.10. The summed E-state index contributed by atoms with van der Waals surface area (Å²) >= 11 is 0. The second kappa shape index (κ2) is 3.02. The van der Waals surface area contributed by atoms with Gasteiger partial charge in [0.25, 0.3) is 0 Å². The predicted molar refractivity (Wildman–Crippen MR) is 47.9 cm³/mol. The van der Waals surface area contributed by atoms with Crippen LogP contribution in [-0.4, -0.2) is 50.8 Å². The summed E-state index contributed by atoms with van der Waals surface area (Å²) in [7, 11) is 0. The number of aliphatic hydroxyl groups excluding tert-OH is 2. The number of ether oxygens (including phenoxy) is 2. The summed E-state index contributed by atoms with van der Waals surface area (Å²) in [5.74, 6) is 0. The van der Waals surface area contributed by atoms with Gasteiger partial charge in [-0.2, -0.15) is 0 Å². The zero-order valence-electron chi connectivity index (χ0n) is 7.98. The molecule has 0 aliphatic carbocycles. The van der Waals surface area contributed by atoms with Crippen LogP contribution in [0.3, 0.4) is 0 Å². The number of rotatable bonds is 2. The first-order chi connectivity index (χ1) is 7.27. The van der Waals surface area contributed by atoms with Crippen molar-refractivity contribution >= 4 is 0 Å². The summed E-state index contributed by atoms with van der Waals surface area (Å²) in [4.78, 5) is 3.91. The zero-order valence-corrected chi connectivity index (χ0v) is 7.98. The maximum absolute atomic E-state index is 9.90. The lowest BCUT2D eigenvalue weighted by molar-refractivity contribution is -0.186. The molecule has 4 atom stereocenters. The molecule has 2 N–H and O–H groups in total. The molecule has 2 aliphatic heterocycles. The minimum absolute atomic E-state index is 0.237. The lowest BCUT2D eigenvalue weighted by Crippen LogP contribution is -2.44. The fraction of sp³-hybridized carbons (Fsp3) is 0.667. The highest BCUT2D eigenvalue weighted by Gasteiger charge is 2.61. The van der Waals surface area contributed by atoms with Gasteiger partial charge in [-0.05, 0) is 0 Å². The Morgan fingerprint density at radius 2 is 2.47 bits per heavy atom. The van der Waals surface area contributed by atoms with E-state index in [0.29, 0.717) is 0 Å². The lowest BCUT2D eigenvalue weighted by Gasteiger charge is -2.29. The maximum atomic E-state index is 9.90. The van der Waals surface area contributed by atoms with E-state index < -0.39 is 24.0 Å². The standard InChI is InChI=1S/C9H12N2O4/c12-3-9-4-14-6(7(9)13)8(15-9)11-2-1-10-5-11/h1-2,5-8,12-13H,3-4H2/t6-,7?,8+,9-/m0/s1. The van der Waals surface area contributed by atoms with Crippen molar-refractivity contribution in [2.24, 2.45) is 0 Å². The Kier molecular flexibility index (Phi) is 1.87. The van der Waals surface area contributed by atoms with Gasteiger partial charge in [0, 0.05) is 12.4 Å². The van der Waals surface area contributed by atoms with E-state index in [2.05, 4.69) is 4.98 Å². The average Bonchev–Trinajstić information content (AvgIpc) is 2.94. The van der Waals surface area contributed by atoms with Crippen LogP contribution < -0.4 is 0 Å². The van der Waals surface area contributed by atoms with Crippen LogP contribution in [0.2, 0.25) is 0 Å². The zero-order chi connectivity index (χ0) is 10.5. The molecule has 1 aromatic heterocycles. The normalized spacial score (nSPS) is 43.7. The highest BCUT2D eigenvalue weighted by atomic mass is 16.7. The van der Waals surface area contributed by atoms with Crippen LogP contribution >= 0.6 is 0 Å². The first kappa shape index (κ1) is 9.29. The van der Waals surface area contributed by atoms with Crippen molar-refractivity contribution in [2.75, 3.05) is 13.2 Å². The number of nitrogens with zero attached hydrogens (tertiary/aromatic N) is 2. The van der Waals surface area contributed by atoms with Crippen molar-refractivity contribution in [2.45, 2.75) is 24.0 Å². The minimum Gasteiger partial charge on any atom is -0.393 e. The second-order valence-corrected chi connectivity index (χ2v) is 3.96. The number of hydrogen-bond acceptors (Lipinski definition) is 5. The maximum Gasteiger partial charge on any atom is 0.164 e. The van der Waals surface area contributed by atoms with Crippen LogP contribution in [0.4, 0.5) is 0 Å². The molecule has 2 saturated heterocycles. The molecule has 2 fully saturated rings. The van der Waals surface area contributed by atoms with Gasteiger partial charge in [-0.3, -0.25) is 0 Å². The van der Waals surface area contributed by atoms with Gasteiger partial charge in [0.2, 0.25) is 0 Å². The molecule has 6 heteroatoms. The van der Waals surface area contributed by atoms with E-state index in [9.17, 15) is 10.2 Å². The SMILES string of the molecule is OC[C@]12CO[C@@H](C1O)[C@H](n1ccnc1)O2. The van der Waals surface area contributed by atoms with Gasteiger partial charge in [-0.1, -0.05) is 0 Å². The Morgan fingerprint density at radius 1 is 1.60 bits per heavy atom. The van der Waals surface area contributed by atoms with E-state index >= 15 is 0 Å². The van der Waals surface area contributed by atoms with Crippen molar-refractivity contribution in [1.29, 1.82) is 0 Å². The van der Waals surface area contributed by atoms with Crippen LogP contribution in [0.15, 0.2) is 18.7 Å². The first-order valence-corrected chi connectivity index (χ1v) is 4.83. The molecule has 6 nitrogen and oxygen atoms in total. The van der Waals surface area contributed by atoms with Gasteiger partial charge >= 0.3 is 0 Å². The van der Waals surface area contributed by atoms with Crippen molar-refractivity contribution in [3.8, 4) is 0 Å². The molecule has 3 heterocycles. The van der Waals surface area contributed by atoms with Gasteiger partial charge in [-0.15, -0.1) is 0 Å². The van der Waals surface area contributed by atoms with Crippen molar-refractivity contribution < 1.29 is 19.7 Å². The molecule has 0 aromatic carbocycles. The Morgan fingerprint density at radius 3 is 3.07 bits per heavy atom. The van der Waals surface area contributed by atoms with Crippen LogP contribution in [0, 0.1) is 0 Å². The van der Waals surface area contributed by atoms with Gasteiger partial charge in [0.05, 0.1) is 19.5 Å². The molecule has 0 amide bonds. The monoisotopic (exact) mass is 212 g/mol. The van der Waals surface area contributed by atoms with Crippen molar-refractivity contribution in [3.05, 3.63) is 18.7 Å². The topological polar surface area (TPSA) is 76.7 Å². The molecule has 0 saturated carbocycles. The van der Waals surface area contributed by atoms with Crippen LogP contribution in [0.5, 0.6) is 0 Å². The molecule has 15 heavy (non-hydrogen) atoms. The van der Waals surface area contributed by atoms with E-state index in [1.165, 1.54) is 0 Å². The average molecular weight is 212 g/mol. The summed E-state index contributed by atoms with van der Waals surface area (Å²) in [6.07, 6.45) is 3.37. The number of fused-ring (bicyclic) bond motifs is 2. The molecule has 2 bridgehead atoms. The Labute approximate surface area is 86.1 Å². The third-order valence-electron chi connectivity index (χ3n) is 3.09. The van der Waals surface area contributed by atoms with E-state index in [1.54, 1.807) is 23.3 Å². The Balaban J connectivity index is 1.92. The number of imidazole rings is 1. The van der Waals surface area contributed by atoms with Crippen LogP contribution in [0.25, 0.3) is 0 Å². The van der Waals surface area contributed by atoms with E-state index in [1.807, 2.05) is 0 Å². The largest absolute Gasteiger partial charge is 0.393 e. The van der Waals surface area contributed by atoms with Gasteiger partial charge in [0.1, 0.15) is 17.8 Å². The smallest absolute Gasteiger partial charge is 0.164 e. The number of hydrogen-bond donors (Lipinski definition) is 2. The van der Waals surface area contributed by atoms with E-state index in [-0.39, 0.29) is 13.2 Å². The molecule has 2 aliphatic rings. The summed E-state index contributed by atoms with van der Waals surface area (Å²) in [5.41, 5.74) is -0.959. The van der Waals surface area contributed by atoms with Gasteiger partial charge in [-0.25, -0.2) is 4.98 Å². The van der Waals surface area contributed by atoms with Gasteiger partial charge in [0.15, 0.2) is 6.23 Å². The summed E-state index contributed by atoms with van der Waals surface area (Å²) < 4.78 is 12.8. The minimum atomic E-state index is -0.959. The third kappa shape index (κ3) is 1.10. The van der Waals surface area contributed by atoms with E-state index in [0.717, 1.165) is 0 Å². The molecular formula is C9H12N2O4. The second-order valence-electron chi connectivity index (χ2n) is 3.96. The molecule has 1 unspecified atom stereocenters. The summed E-state index contributed by atoms with van der Waals surface area (Å²) in [6.45, 7) is -0.00358. The molecule has 3 rings (SSSR count). The molecule has 1 aromatic rings. The molecule has 0 radical (unpaired) electrons. The van der Waals surface area contributed by atoms with Gasteiger partial charge < -0.3 is 24.3 Å². The highest BCUT2D eigenvalue weighted by molar-refractivity contribution is 5.07. The number of aromatic nitrogens is 2. The van der Waals surface area contributed by atoms with E-state index in [4.69, 9.17) is 9.47 Å². The molecule has 0 spiro atoms.